The van der Waals surface area contributed by atoms with Gasteiger partial charge in [0.1, 0.15) is 5.82 Å². The van der Waals surface area contributed by atoms with Gasteiger partial charge in [0.15, 0.2) is 0 Å². The van der Waals surface area contributed by atoms with Gasteiger partial charge >= 0.3 is 0 Å². The van der Waals surface area contributed by atoms with Crippen molar-refractivity contribution in [3.05, 3.63) is 53.8 Å². The monoisotopic (exact) mass is 459 g/mol. The molecule has 2 aromatic rings. The summed E-state index contributed by atoms with van der Waals surface area (Å²) in [5, 5.41) is 14.8. The molecule has 2 atom stereocenters. The van der Waals surface area contributed by atoms with Crippen molar-refractivity contribution in [3.8, 4) is 0 Å². The first-order valence-electron chi connectivity index (χ1n) is 11.0. The fraction of sp³-hybridized carbons (Fsp3) is 0.435. The number of rotatable bonds is 6. The van der Waals surface area contributed by atoms with Crippen LogP contribution in [-0.2, 0) is 20.9 Å². The number of anilines is 3. The van der Waals surface area contributed by atoms with Crippen molar-refractivity contribution in [2.75, 3.05) is 54.9 Å². The van der Waals surface area contributed by atoms with Crippen LogP contribution in [0.2, 0.25) is 0 Å². The molecule has 2 aromatic carbocycles. The van der Waals surface area contributed by atoms with E-state index in [9.17, 15) is 9.90 Å². The smallest absolute Gasteiger partial charge is 0.238 e. The first kappa shape index (κ1) is 23.2. The summed E-state index contributed by atoms with van der Waals surface area (Å²) < 4.78 is 20.5. The van der Waals surface area contributed by atoms with Crippen LogP contribution in [0.3, 0.4) is 0 Å². The normalized spacial score (nSPS) is 21.8. The fourth-order valence-corrected chi connectivity index (χ4v) is 4.08. The number of aliphatic hydroxyl groups is 1. The first-order chi connectivity index (χ1) is 15.9. The SMILES string of the molecule is CC(=O)NCC1CN(c2ccc(N3CCON(Cc4cccc(N)c4)CC3)c(F)c2)C(O)O1. The molecule has 2 aliphatic heterocycles. The third-order valence-corrected chi connectivity index (χ3v) is 5.73. The molecule has 0 aliphatic carbocycles. The molecule has 9 nitrogen and oxygen atoms in total. The van der Waals surface area contributed by atoms with Crippen molar-refractivity contribution >= 4 is 23.0 Å². The molecule has 10 heteroatoms. The van der Waals surface area contributed by atoms with Crippen molar-refractivity contribution in [1.29, 1.82) is 0 Å². The molecule has 0 spiro atoms. The highest BCUT2D eigenvalue weighted by Gasteiger charge is 2.32. The minimum atomic E-state index is -1.19. The number of amides is 1. The van der Waals surface area contributed by atoms with Crippen LogP contribution in [0.5, 0.6) is 0 Å². The molecule has 2 aliphatic rings. The van der Waals surface area contributed by atoms with E-state index < -0.39 is 6.41 Å². The maximum Gasteiger partial charge on any atom is 0.238 e. The second kappa shape index (κ2) is 10.3. The number of nitrogens with one attached hydrogen (secondary N) is 1. The van der Waals surface area contributed by atoms with E-state index in [0.29, 0.717) is 56.4 Å². The number of hydroxylamine groups is 2. The minimum Gasteiger partial charge on any atom is -0.399 e. The van der Waals surface area contributed by atoms with Crippen molar-refractivity contribution in [3.63, 3.8) is 0 Å². The van der Waals surface area contributed by atoms with Crippen LogP contribution in [0.1, 0.15) is 12.5 Å². The molecular weight excluding hydrogens is 429 g/mol. The van der Waals surface area contributed by atoms with Gasteiger partial charge in [-0.2, -0.15) is 5.06 Å². The summed E-state index contributed by atoms with van der Waals surface area (Å²) >= 11 is 0. The van der Waals surface area contributed by atoms with Crippen molar-refractivity contribution < 1.29 is 23.9 Å². The van der Waals surface area contributed by atoms with Crippen molar-refractivity contribution in [2.24, 2.45) is 0 Å². The maximum atomic E-state index is 15.1. The number of benzene rings is 2. The van der Waals surface area contributed by atoms with Crippen molar-refractivity contribution in [1.82, 2.24) is 10.4 Å². The molecule has 0 saturated carbocycles. The summed E-state index contributed by atoms with van der Waals surface area (Å²) in [5.74, 6) is -0.552. The third kappa shape index (κ3) is 5.91. The van der Waals surface area contributed by atoms with E-state index in [2.05, 4.69) is 5.32 Å². The fourth-order valence-electron chi connectivity index (χ4n) is 4.08. The molecule has 4 N–H and O–H groups in total. The van der Waals surface area contributed by atoms with E-state index in [-0.39, 0.29) is 24.4 Å². The third-order valence-electron chi connectivity index (χ3n) is 5.73. The molecule has 178 valence electrons. The number of ether oxygens (including phenoxy) is 1. The van der Waals surface area contributed by atoms with Gasteiger partial charge in [0.2, 0.25) is 12.3 Å². The molecular formula is C23H30FN5O4. The van der Waals surface area contributed by atoms with Crippen LogP contribution < -0.4 is 20.9 Å². The number of nitrogens with two attached hydrogens (primary N) is 1. The van der Waals surface area contributed by atoms with E-state index in [0.717, 1.165) is 5.56 Å². The van der Waals surface area contributed by atoms with Gasteiger partial charge in [-0.1, -0.05) is 12.1 Å². The average molecular weight is 460 g/mol. The van der Waals surface area contributed by atoms with Gasteiger partial charge in [0, 0.05) is 51.0 Å². The summed E-state index contributed by atoms with van der Waals surface area (Å²) in [4.78, 5) is 20.5. The summed E-state index contributed by atoms with van der Waals surface area (Å²) in [6, 6.07) is 12.6. The number of nitrogen functional groups attached to an aromatic ring is 1. The van der Waals surface area contributed by atoms with E-state index in [4.69, 9.17) is 15.3 Å². The molecule has 1 amide bonds. The molecule has 2 heterocycles. The predicted molar refractivity (Wildman–Crippen MR) is 123 cm³/mol. The zero-order chi connectivity index (χ0) is 23.4. The van der Waals surface area contributed by atoms with Crippen LogP contribution in [0.4, 0.5) is 21.5 Å². The number of hydrogen-bond acceptors (Lipinski definition) is 8. The lowest BCUT2D eigenvalue weighted by Crippen LogP contribution is -2.33. The van der Waals surface area contributed by atoms with Gasteiger partial charge < -0.3 is 30.7 Å². The number of carbonyl (C=O) groups excluding carboxylic acids is 1. The summed E-state index contributed by atoms with van der Waals surface area (Å²) in [7, 11) is 0. The molecule has 0 bridgehead atoms. The van der Waals surface area contributed by atoms with Gasteiger partial charge in [-0.25, -0.2) is 4.39 Å². The van der Waals surface area contributed by atoms with E-state index >= 15 is 4.39 Å². The maximum absolute atomic E-state index is 15.1. The molecule has 2 fully saturated rings. The number of carbonyl (C=O) groups is 1. The Morgan fingerprint density at radius 2 is 2.09 bits per heavy atom. The van der Waals surface area contributed by atoms with E-state index in [1.165, 1.54) is 13.0 Å². The quantitative estimate of drug-likeness (QED) is 0.555. The zero-order valence-corrected chi connectivity index (χ0v) is 18.6. The Kier molecular flexibility index (Phi) is 7.29. The second-order valence-corrected chi connectivity index (χ2v) is 8.24. The van der Waals surface area contributed by atoms with Crippen LogP contribution in [0.15, 0.2) is 42.5 Å². The van der Waals surface area contributed by atoms with E-state index in [1.807, 2.05) is 34.2 Å². The molecule has 2 saturated heterocycles. The lowest BCUT2D eigenvalue weighted by atomic mass is 10.2. The van der Waals surface area contributed by atoms with Crippen LogP contribution in [-0.4, -0.2) is 67.9 Å². The standard InChI is InChI=1S/C23H30FN5O4/c1-16(30)26-13-20-15-29(23(31)33-20)19-5-6-22(21(24)12-19)27-7-8-28(32-10-9-27)14-17-3-2-4-18(25)11-17/h2-6,11-12,20,23,31H,7-10,13-15,25H2,1H3,(H,26,30). The minimum absolute atomic E-state index is 0.171. The number of nitrogens with zero attached hydrogens (tertiary/aromatic N) is 3. The number of aliphatic hydroxyl groups excluding tert-OH is 1. The Morgan fingerprint density at radius 1 is 1.24 bits per heavy atom. The summed E-state index contributed by atoms with van der Waals surface area (Å²) in [6.07, 6.45) is -1.57. The Balaban J connectivity index is 1.37. The average Bonchev–Trinajstić information content (AvgIpc) is 2.99. The van der Waals surface area contributed by atoms with Gasteiger partial charge in [0.05, 0.1) is 24.9 Å². The molecule has 4 rings (SSSR count). The van der Waals surface area contributed by atoms with Gasteiger partial charge in [-0.3, -0.25) is 9.63 Å². The lowest BCUT2D eigenvalue weighted by Gasteiger charge is -2.25. The Labute approximate surface area is 192 Å². The zero-order valence-electron chi connectivity index (χ0n) is 18.6. The lowest BCUT2D eigenvalue weighted by molar-refractivity contribution is -0.154. The van der Waals surface area contributed by atoms with Crippen LogP contribution >= 0.6 is 0 Å². The topological polar surface area (TPSA) is 104 Å². The van der Waals surface area contributed by atoms with Crippen LogP contribution in [0, 0.1) is 5.82 Å². The Bertz CT molecular complexity index is 978. The molecule has 2 unspecified atom stereocenters. The van der Waals surface area contributed by atoms with Crippen molar-refractivity contribution in [2.45, 2.75) is 26.0 Å². The predicted octanol–water partition coefficient (Wildman–Crippen LogP) is 1.28. The molecule has 0 aromatic heterocycles. The Hall–Kier alpha value is -2.92. The van der Waals surface area contributed by atoms with Gasteiger partial charge in [-0.15, -0.1) is 0 Å². The largest absolute Gasteiger partial charge is 0.399 e. The van der Waals surface area contributed by atoms with E-state index in [1.54, 1.807) is 17.0 Å². The van der Waals surface area contributed by atoms with Gasteiger partial charge in [0.25, 0.3) is 0 Å². The Morgan fingerprint density at radius 3 is 2.85 bits per heavy atom. The first-order valence-corrected chi connectivity index (χ1v) is 11.0. The number of hydrogen-bond donors (Lipinski definition) is 3. The summed E-state index contributed by atoms with van der Waals surface area (Å²) in [6.45, 7) is 4.85. The summed E-state index contributed by atoms with van der Waals surface area (Å²) in [5.41, 5.74) is 8.62. The van der Waals surface area contributed by atoms with Crippen LogP contribution in [0.25, 0.3) is 0 Å². The highest BCUT2D eigenvalue weighted by Crippen LogP contribution is 2.29. The van der Waals surface area contributed by atoms with Gasteiger partial charge in [-0.05, 0) is 35.9 Å². The molecule has 0 radical (unpaired) electrons. The second-order valence-electron chi connectivity index (χ2n) is 8.24. The number of halogens is 1. The highest BCUT2D eigenvalue weighted by molar-refractivity contribution is 5.72. The molecule has 33 heavy (non-hydrogen) atoms. The highest BCUT2D eigenvalue weighted by atomic mass is 19.1.